The Morgan fingerprint density at radius 3 is 2.30 bits per heavy atom. The van der Waals surface area contributed by atoms with Crippen LogP contribution in [0.4, 0.5) is 5.69 Å². The van der Waals surface area contributed by atoms with E-state index >= 15 is 0 Å². The normalized spacial score (nSPS) is 13.5. The fourth-order valence-electron chi connectivity index (χ4n) is 3.88. The number of carbonyl (C=O) groups excluding carboxylic acids is 2. The molecule has 2 amide bonds. The van der Waals surface area contributed by atoms with E-state index in [1.165, 1.54) is 5.56 Å². The molecule has 30 heavy (non-hydrogen) atoms. The van der Waals surface area contributed by atoms with Crippen molar-refractivity contribution in [3.8, 4) is 0 Å². The second-order valence-electron chi connectivity index (χ2n) is 7.64. The van der Waals surface area contributed by atoms with Crippen LogP contribution in [0.5, 0.6) is 0 Å². The largest absolute Gasteiger partial charge is 0.348 e. The summed E-state index contributed by atoms with van der Waals surface area (Å²) in [5.74, 6) is 0.126. The van der Waals surface area contributed by atoms with Gasteiger partial charge in [-0.1, -0.05) is 60.7 Å². The lowest BCUT2D eigenvalue weighted by Crippen LogP contribution is -2.25. The molecular formula is C26H26N2O2. The predicted octanol–water partition coefficient (Wildman–Crippen LogP) is 4.53. The fourth-order valence-corrected chi connectivity index (χ4v) is 3.88. The molecule has 1 heterocycles. The van der Waals surface area contributed by atoms with Crippen molar-refractivity contribution >= 4 is 17.5 Å². The van der Waals surface area contributed by atoms with Gasteiger partial charge in [0.2, 0.25) is 5.91 Å². The number of rotatable bonds is 7. The van der Waals surface area contributed by atoms with Crippen molar-refractivity contribution in [2.75, 3.05) is 11.4 Å². The molecule has 0 saturated carbocycles. The summed E-state index contributed by atoms with van der Waals surface area (Å²) in [4.78, 5) is 26.5. The van der Waals surface area contributed by atoms with Crippen molar-refractivity contribution in [3.63, 3.8) is 0 Å². The van der Waals surface area contributed by atoms with Crippen molar-refractivity contribution < 1.29 is 9.59 Å². The molecule has 4 rings (SSSR count). The van der Waals surface area contributed by atoms with Crippen LogP contribution in [0.2, 0.25) is 0 Å². The van der Waals surface area contributed by atoms with Crippen LogP contribution in [0.15, 0.2) is 78.9 Å². The quantitative estimate of drug-likeness (QED) is 0.636. The zero-order valence-electron chi connectivity index (χ0n) is 17.0. The first kappa shape index (κ1) is 19.9. The van der Waals surface area contributed by atoms with Crippen LogP contribution in [-0.2, 0) is 24.2 Å². The predicted molar refractivity (Wildman–Crippen MR) is 119 cm³/mol. The second kappa shape index (κ2) is 9.40. The summed E-state index contributed by atoms with van der Waals surface area (Å²) in [6.07, 6.45) is 3.27. The summed E-state index contributed by atoms with van der Waals surface area (Å²) < 4.78 is 0. The van der Waals surface area contributed by atoms with Gasteiger partial charge >= 0.3 is 0 Å². The summed E-state index contributed by atoms with van der Waals surface area (Å²) in [5.41, 5.74) is 5.00. The van der Waals surface area contributed by atoms with Crippen LogP contribution in [0.1, 0.15) is 39.9 Å². The SMILES string of the molecule is O=C(NCc1ccc(N2CCCC2=O)cc1)c1ccccc1CCc1ccccc1. The number of carbonyl (C=O) groups is 2. The highest BCUT2D eigenvalue weighted by Gasteiger charge is 2.21. The molecular weight excluding hydrogens is 372 g/mol. The third kappa shape index (κ3) is 4.77. The zero-order chi connectivity index (χ0) is 20.8. The molecule has 0 aliphatic carbocycles. The van der Waals surface area contributed by atoms with Gasteiger partial charge in [0.1, 0.15) is 0 Å². The molecule has 152 valence electrons. The molecule has 1 N–H and O–H groups in total. The van der Waals surface area contributed by atoms with Gasteiger partial charge in [0, 0.05) is 30.8 Å². The number of aryl methyl sites for hydroxylation is 2. The molecule has 0 unspecified atom stereocenters. The van der Waals surface area contributed by atoms with E-state index in [2.05, 4.69) is 17.4 Å². The minimum absolute atomic E-state index is 0.0579. The van der Waals surface area contributed by atoms with Crippen LogP contribution in [0.3, 0.4) is 0 Å². The van der Waals surface area contributed by atoms with Crippen molar-refractivity contribution in [2.45, 2.75) is 32.2 Å². The highest BCUT2D eigenvalue weighted by Crippen LogP contribution is 2.21. The highest BCUT2D eigenvalue weighted by molar-refractivity contribution is 5.96. The van der Waals surface area contributed by atoms with E-state index in [-0.39, 0.29) is 11.8 Å². The summed E-state index contributed by atoms with van der Waals surface area (Å²) >= 11 is 0. The van der Waals surface area contributed by atoms with Gasteiger partial charge in [0.25, 0.3) is 5.91 Å². The lowest BCUT2D eigenvalue weighted by Gasteiger charge is -2.16. The van der Waals surface area contributed by atoms with Crippen LogP contribution in [0, 0.1) is 0 Å². The Hall–Kier alpha value is -3.40. The molecule has 1 saturated heterocycles. The first-order chi connectivity index (χ1) is 14.7. The molecule has 1 aliphatic rings. The minimum Gasteiger partial charge on any atom is -0.348 e. The molecule has 0 radical (unpaired) electrons. The molecule has 1 aliphatic heterocycles. The van der Waals surface area contributed by atoms with Gasteiger partial charge in [-0.25, -0.2) is 0 Å². The summed E-state index contributed by atoms with van der Waals surface area (Å²) in [5, 5.41) is 3.03. The highest BCUT2D eigenvalue weighted by atomic mass is 16.2. The van der Waals surface area contributed by atoms with E-state index in [0.717, 1.165) is 48.2 Å². The van der Waals surface area contributed by atoms with Gasteiger partial charge in [0.05, 0.1) is 0 Å². The van der Waals surface area contributed by atoms with Crippen LogP contribution in [-0.4, -0.2) is 18.4 Å². The van der Waals surface area contributed by atoms with Crippen molar-refractivity contribution in [1.29, 1.82) is 0 Å². The Balaban J connectivity index is 1.36. The first-order valence-corrected chi connectivity index (χ1v) is 10.5. The van der Waals surface area contributed by atoms with Gasteiger partial charge < -0.3 is 10.2 Å². The smallest absolute Gasteiger partial charge is 0.251 e. The summed E-state index contributed by atoms with van der Waals surface area (Å²) in [6.45, 7) is 1.24. The maximum absolute atomic E-state index is 12.8. The number of hydrogen-bond acceptors (Lipinski definition) is 2. The van der Waals surface area contributed by atoms with Crippen LogP contribution in [0.25, 0.3) is 0 Å². The Morgan fingerprint density at radius 1 is 0.833 bits per heavy atom. The van der Waals surface area contributed by atoms with Crippen molar-refractivity contribution in [1.82, 2.24) is 5.32 Å². The molecule has 3 aromatic carbocycles. The van der Waals surface area contributed by atoms with Crippen molar-refractivity contribution in [3.05, 3.63) is 101 Å². The first-order valence-electron chi connectivity index (χ1n) is 10.5. The third-order valence-corrected chi connectivity index (χ3v) is 5.56. The monoisotopic (exact) mass is 398 g/mol. The topological polar surface area (TPSA) is 49.4 Å². The van der Waals surface area contributed by atoms with Gasteiger partial charge in [0.15, 0.2) is 0 Å². The number of benzene rings is 3. The zero-order valence-corrected chi connectivity index (χ0v) is 17.0. The summed E-state index contributed by atoms with van der Waals surface area (Å²) in [6, 6.07) is 26.0. The minimum atomic E-state index is -0.0579. The molecule has 0 aromatic heterocycles. The van der Waals surface area contributed by atoms with E-state index in [4.69, 9.17) is 0 Å². The standard InChI is InChI=1S/C26H26N2O2/c29-25-11-6-18-28(25)23-16-13-21(14-17-23)19-27-26(30)24-10-5-4-9-22(24)15-12-20-7-2-1-3-8-20/h1-5,7-10,13-14,16-17H,6,11-12,15,18-19H2,(H,27,30). The fraction of sp³-hybridized carbons (Fsp3) is 0.231. The maximum Gasteiger partial charge on any atom is 0.251 e. The lowest BCUT2D eigenvalue weighted by atomic mass is 9.99. The van der Waals surface area contributed by atoms with Crippen LogP contribution < -0.4 is 10.2 Å². The number of anilines is 1. The lowest BCUT2D eigenvalue weighted by molar-refractivity contribution is -0.117. The number of nitrogens with zero attached hydrogens (tertiary/aromatic N) is 1. The Kier molecular flexibility index (Phi) is 6.23. The molecule has 4 nitrogen and oxygen atoms in total. The third-order valence-electron chi connectivity index (χ3n) is 5.56. The molecule has 0 atom stereocenters. The van der Waals surface area contributed by atoms with E-state index < -0.39 is 0 Å². The Morgan fingerprint density at radius 2 is 1.57 bits per heavy atom. The molecule has 4 heteroatoms. The molecule has 0 spiro atoms. The molecule has 0 bridgehead atoms. The second-order valence-corrected chi connectivity index (χ2v) is 7.64. The maximum atomic E-state index is 12.8. The Bertz CT molecular complexity index is 1010. The van der Waals surface area contributed by atoms with E-state index in [1.54, 1.807) is 0 Å². The van der Waals surface area contributed by atoms with Gasteiger partial charge in [-0.05, 0) is 54.2 Å². The Labute approximate surface area is 177 Å². The average Bonchev–Trinajstić information content (AvgIpc) is 3.23. The number of hydrogen-bond donors (Lipinski definition) is 1. The molecule has 1 fully saturated rings. The molecule has 3 aromatic rings. The van der Waals surface area contributed by atoms with Crippen molar-refractivity contribution in [2.24, 2.45) is 0 Å². The number of nitrogens with one attached hydrogen (secondary N) is 1. The van der Waals surface area contributed by atoms with Gasteiger partial charge in [-0.2, -0.15) is 0 Å². The average molecular weight is 399 g/mol. The van der Waals surface area contributed by atoms with E-state index in [1.807, 2.05) is 71.6 Å². The summed E-state index contributed by atoms with van der Waals surface area (Å²) in [7, 11) is 0. The van der Waals surface area contributed by atoms with Gasteiger partial charge in [-0.15, -0.1) is 0 Å². The van der Waals surface area contributed by atoms with E-state index in [0.29, 0.717) is 13.0 Å². The van der Waals surface area contributed by atoms with Gasteiger partial charge in [-0.3, -0.25) is 9.59 Å². The number of amides is 2. The van der Waals surface area contributed by atoms with E-state index in [9.17, 15) is 9.59 Å². The van der Waals surface area contributed by atoms with Crippen LogP contribution >= 0.6 is 0 Å².